The summed E-state index contributed by atoms with van der Waals surface area (Å²) >= 11 is 0. The molecule has 0 saturated carbocycles. The Bertz CT molecular complexity index is 584. The van der Waals surface area contributed by atoms with Gasteiger partial charge in [0.15, 0.2) is 11.6 Å². The largest absolute Gasteiger partial charge is 0.454 e. The molecule has 1 unspecified atom stereocenters. The summed E-state index contributed by atoms with van der Waals surface area (Å²) in [6, 6.07) is 11.6. The van der Waals surface area contributed by atoms with Crippen molar-refractivity contribution in [3.63, 3.8) is 0 Å². The fourth-order valence-corrected chi connectivity index (χ4v) is 2.20. The Morgan fingerprint density at radius 3 is 2.38 bits per heavy atom. The molecule has 1 N–H and O–H groups in total. The highest BCUT2D eigenvalue weighted by molar-refractivity contribution is 5.35. The number of benzene rings is 2. The highest BCUT2D eigenvalue weighted by atomic mass is 19.2. The van der Waals surface area contributed by atoms with Gasteiger partial charge in [0, 0.05) is 6.04 Å². The summed E-state index contributed by atoms with van der Waals surface area (Å²) in [5.41, 5.74) is 1.14. The molecule has 0 aromatic heterocycles. The molecule has 0 aliphatic carbocycles. The van der Waals surface area contributed by atoms with Crippen molar-refractivity contribution in [1.29, 1.82) is 0 Å². The molecule has 0 aliphatic heterocycles. The molecule has 2 aromatic rings. The monoisotopic (exact) mass is 291 g/mol. The zero-order valence-corrected chi connectivity index (χ0v) is 12.2. The second-order valence-electron chi connectivity index (χ2n) is 4.74. The maximum atomic E-state index is 13.5. The fraction of sp³-hybridized carbons (Fsp3) is 0.294. The van der Waals surface area contributed by atoms with Gasteiger partial charge in [0.1, 0.15) is 5.75 Å². The third-order valence-corrected chi connectivity index (χ3v) is 3.29. The topological polar surface area (TPSA) is 21.3 Å². The van der Waals surface area contributed by atoms with Crippen molar-refractivity contribution in [2.24, 2.45) is 0 Å². The van der Waals surface area contributed by atoms with E-state index >= 15 is 0 Å². The zero-order valence-electron chi connectivity index (χ0n) is 12.2. The van der Waals surface area contributed by atoms with Crippen LogP contribution in [0.3, 0.4) is 0 Å². The van der Waals surface area contributed by atoms with E-state index in [0.717, 1.165) is 24.6 Å². The maximum Gasteiger partial charge on any atom is 0.201 e. The van der Waals surface area contributed by atoms with Crippen molar-refractivity contribution >= 4 is 0 Å². The van der Waals surface area contributed by atoms with Crippen LogP contribution < -0.4 is 10.1 Å². The second-order valence-corrected chi connectivity index (χ2v) is 4.74. The average Bonchev–Trinajstić information content (AvgIpc) is 2.50. The minimum absolute atomic E-state index is 0.110. The molecule has 0 fully saturated rings. The van der Waals surface area contributed by atoms with Gasteiger partial charge >= 0.3 is 0 Å². The molecule has 112 valence electrons. The number of nitrogens with one attached hydrogen (secondary N) is 1. The zero-order chi connectivity index (χ0) is 15.2. The van der Waals surface area contributed by atoms with E-state index in [4.69, 9.17) is 4.74 Å². The van der Waals surface area contributed by atoms with E-state index in [9.17, 15) is 8.78 Å². The summed E-state index contributed by atoms with van der Waals surface area (Å²) in [6.07, 6.45) is 0.979. The first-order valence-electron chi connectivity index (χ1n) is 7.10. The van der Waals surface area contributed by atoms with Crippen molar-refractivity contribution < 1.29 is 13.5 Å². The molecule has 0 radical (unpaired) electrons. The maximum absolute atomic E-state index is 13.5. The Kier molecular flexibility index (Phi) is 5.28. The molecular formula is C17H19F2NO. The average molecular weight is 291 g/mol. The van der Waals surface area contributed by atoms with Gasteiger partial charge in [-0.1, -0.05) is 32.0 Å². The Balaban J connectivity index is 2.14. The Labute approximate surface area is 123 Å². The predicted octanol–water partition coefficient (Wildman–Crippen LogP) is 4.82. The lowest BCUT2D eigenvalue weighted by atomic mass is 10.0. The van der Waals surface area contributed by atoms with Gasteiger partial charge in [-0.05, 0) is 42.8 Å². The quantitative estimate of drug-likeness (QED) is 0.824. The van der Waals surface area contributed by atoms with Crippen LogP contribution in [0.4, 0.5) is 8.78 Å². The number of hydrogen-bond acceptors (Lipinski definition) is 2. The third kappa shape index (κ3) is 3.79. The number of rotatable bonds is 6. The molecule has 4 heteroatoms. The summed E-state index contributed by atoms with van der Waals surface area (Å²) in [5, 5.41) is 3.38. The lowest BCUT2D eigenvalue weighted by Gasteiger charge is -2.16. The highest BCUT2D eigenvalue weighted by Crippen LogP contribution is 2.27. The molecule has 0 bridgehead atoms. The van der Waals surface area contributed by atoms with E-state index in [1.165, 1.54) is 12.1 Å². The van der Waals surface area contributed by atoms with Crippen LogP contribution in [0.1, 0.15) is 31.9 Å². The van der Waals surface area contributed by atoms with Gasteiger partial charge in [-0.25, -0.2) is 4.39 Å². The number of hydrogen-bond donors (Lipinski definition) is 1. The van der Waals surface area contributed by atoms with Gasteiger partial charge in [-0.2, -0.15) is 4.39 Å². The summed E-state index contributed by atoms with van der Waals surface area (Å²) in [4.78, 5) is 0. The first-order chi connectivity index (χ1) is 10.2. The van der Waals surface area contributed by atoms with Gasteiger partial charge in [-0.15, -0.1) is 0 Å². The Morgan fingerprint density at radius 1 is 1.05 bits per heavy atom. The Morgan fingerprint density at radius 2 is 1.76 bits per heavy atom. The standard InChI is InChI=1S/C17H19F2NO/c1-3-15(20-4-2)12-8-10-13(11-9-12)21-16-7-5-6-14(18)17(16)19/h5-11,15,20H,3-4H2,1-2H3. The molecule has 21 heavy (non-hydrogen) atoms. The fourth-order valence-electron chi connectivity index (χ4n) is 2.20. The van der Waals surface area contributed by atoms with Crippen LogP contribution in [0.25, 0.3) is 0 Å². The van der Waals surface area contributed by atoms with Gasteiger partial charge in [0.2, 0.25) is 5.82 Å². The van der Waals surface area contributed by atoms with E-state index in [1.807, 2.05) is 12.1 Å². The van der Waals surface area contributed by atoms with Crippen LogP contribution >= 0.6 is 0 Å². The molecule has 0 spiro atoms. The molecule has 0 aliphatic rings. The summed E-state index contributed by atoms with van der Waals surface area (Å²) in [7, 11) is 0. The predicted molar refractivity (Wildman–Crippen MR) is 79.6 cm³/mol. The van der Waals surface area contributed by atoms with Crippen molar-refractivity contribution in [2.45, 2.75) is 26.3 Å². The first-order valence-corrected chi connectivity index (χ1v) is 7.10. The summed E-state index contributed by atoms with van der Waals surface area (Å²) in [6.45, 7) is 5.07. The van der Waals surface area contributed by atoms with E-state index in [2.05, 4.69) is 19.2 Å². The molecule has 2 rings (SSSR count). The van der Waals surface area contributed by atoms with Crippen molar-refractivity contribution in [2.75, 3.05) is 6.54 Å². The highest BCUT2D eigenvalue weighted by Gasteiger charge is 2.11. The van der Waals surface area contributed by atoms with Crippen LogP contribution in [-0.2, 0) is 0 Å². The normalized spacial score (nSPS) is 12.2. The van der Waals surface area contributed by atoms with Crippen LogP contribution in [0.15, 0.2) is 42.5 Å². The van der Waals surface area contributed by atoms with Crippen LogP contribution in [0.5, 0.6) is 11.5 Å². The lowest BCUT2D eigenvalue weighted by Crippen LogP contribution is -2.19. The molecular weight excluding hydrogens is 272 g/mol. The van der Waals surface area contributed by atoms with E-state index in [1.54, 1.807) is 12.1 Å². The number of halogens is 2. The lowest BCUT2D eigenvalue weighted by molar-refractivity contribution is 0.415. The number of ether oxygens (including phenoxy) is 1. The van der Waals surface area contributed by atoms with Gasteiger partial charge < -0.3 is 10.1 Å². The van der Waals surface area contributed by atoms with Gasteiger partial charge in [0.25, 0.3) is 0 Å². The molecule has 0 heterocycles. The van der Waals surface area contributed by atoms with Crippen LogP contribution in [0, 0.1) is 11.6 Å². The summed E-state index contributed by atoms with van der Waals surface area (Å²) < 4.78 is 32.0. The van der Waals surface area contributed by atoms with Gasteiger partial charge in [0.05, 0.1) is 0 Å². The smallest absolute Gasteiger partial charge is 0.201 e. The molecule has 2 nitrogen and oxygen atoms in total. The van der Waals surface area contributed by atoms with E-state index in [0.29, 0.717) is 5.75 Å². The molecule has 0 saturated heterocycles. The van der Waals surface area contributed by atoms with Crippen molar-refractivity contribution in [3.05, 3.63) is 59.7 Å². The van der Waals surface area contributed by atoms with Crippen LogP contribution in [-0.4, -0.2) is 6.54 Å². The second kappa shape index (κ2) is 7.18. The molecule has 0 amide bonds. The van der Waals surface area contributed by atoms with Gasteiger partial charge in [-0.3, -0.25) is 0 Å². The minimum atomic E-state index is -0.972. The van der Waals surface area contributed by atoms with E-state index in [-0.39, 0.29) is 11.8 Å². The van der Waals surface area contributed by atoms with Crippen molar-refractivity contribution in [3.8, 4) is 11.5 Å². The van der Waals surface area contributed by atoms with Crippen molar-refractivity contribution in [1.82, 2.24) is 5.32 Å². The van der Waals surface area contributed by atoms with E-state index < -0.39 is 11.6 Å². The molecule has 2 aromatic carbocycles. The third-order valence-electron chi connectivity index (χ3n) is 3.29. The first kappa shape index (κ1) is 15.4. The van der Waals surface area contributed by atoms with Crippen LogP contribution in [0.2, 0.25) is 0 Å². The summed E-state index contributed by atoms with van der Waals surface area (Å²) in [5.74, 6) is -1.51. The minimum Gasteiger partial charge on any atom is -0.454 e. The SMILES string of the molecule is CCNC(CC)c1ccc(Oc2cccc(F)c2F)cc1. The molecule has 1 atom stereocenters. The Hall–Kier alpha value is -1.94.